The first kappa shape index (κ1) is 17.8. The summed E-state index contributed by atoms with van der Waals surface area (Å²) in [7, 11) is 0. The Labute approximate surface area is 155 Å². The normalized spacial score (nSPS) is 13.6. The van der Waals surface area contributed by atoms with Crippen LogP contribution in [0.4, 0.5) is 8.78 Å². The van der Waals surface area contributed by atoms with Crippen LogP contribution in [-0.4, -0.2) is 32.7 Å². The number of aromatic amines is 1. The van der Waals surface area contributed by atoms with Gasteiger partial charge in [0.2, 0.25) is 11.2 Å². The lowest BCUT2D eigenvalue weighted by Crippen LogP contribution is -2.20. The van der Waals surface area contributed by atoms with E-state index in [0.717, 1.165) is 12.3 Å². The van der Waals surface area contributed by atoms with Crippen molar-refractivity contribution in [3.8, 4) is 11.3 Å². The highest BCUT2D eigenvalue weighted by Gasteiger charge is 2.31. The van der Waals surface area contributed by atoms with Crippen molar-refractivity contribution < 1.29 is 28.3 Å². The number of carboxylic acids is 1. The summed E-state index contributed by atoms with van der Waals surface area (Å²) in [5, 5.41) is 8.84. The molecule has 9 heteroatoms. The predicted octanol–water partition coefficient (Wildman–Crippen LogP) is 2.69. The maximum atomic E-state index is 15.4. The average molecular weight is 386 g/mol. The monoisotopic (exact) mass is 386 g/mol. The summed E-state index contributed by atoms with van der Waals surface area (Å²) in [6, 6.07) is 1.77. The standard InChI is InChI=1S/C19H12F2N2O5/c20-12-5-10-17(23(8-1-2-8)6-11(18(10)26)19(27)28)15(21)14(12)16-9(3-4-22-16)13(25)7-24/h3-8,22H,1-2H2,(H,27,28). The second-order valence-corrected chi connectivity index (χ2v) is 6.51. The molecule has 2 N–H and O–H groups in total. The minimum absolute atomic E-state index is 0.0305. The summed E-state index contributed by atoms with van der Waals surface area (Å²) >= 11 is 0. The van der Waals surface area contributed by atoms with Crippen LogP contribution in [0, 0.1) is 11.6 Å². The molecule has 0 bridgehead atoms. The quantitative estimate of drug-likeness (QED) is 0.398. The van der Waals surface area contributed by atoms with E-state index in [1.165, 1.54) is 16.8 Å². The van der Waals surface area contributed by atoms with E-state index in [0.29, 0.717) is 12.8 Å². The van der Waals surface area contributed by atoms with E-state index in [-0.39, 0.29) is 29.1 Å². The number of hydrogen-bond donors (Lipinski definition) is 2. The van der Waals surface area contributed by atoms with Crippen molar-refractivity contribution in [1.29, 1.82) is 0 Å². The topological polar surface area (TPSA) is 109 Å². The smallest absolute Gasteiger partial charge is 0.341 e. The van der Waals surface area contributed by atoms with Gasteiger partial charge in [-0.05, 0) is 25.0 Å². The number of Topliss-reactive ketones (excluding diaryl/α,β-unsaturated/α-hetero) is 1. The number of ketones is 1. The van der Waals surface area contributed by atoms with E-state index in [4.69, 9.17) is 0 Å². The number of nitrogens with zero attached hydrogens (tertiary/aromatic N) is 1. The number of fused-ring (bicyclic) bond motifs is 1. The number of carboxylic acid groups (broad SMARTS) is 1. The molecule has 1 aliphatic rings. The van der Waals surface area contributed by atoms with Gasteiger partial charge in [0.05, 0.1) is 27.7 Å². The number of hydrogen-bond acceptors (Lipinski definition) is 4. The molecule has 0 atom stereocenters. The van der Waals surface area contributed by atoms with Crippen LogP contribution in [0.1, 0.15) is 39.6 Å². The van der Waals surface area contributed by atoms with E-state index in [1.54, 1.807) is 0 Å². The average Bonchev–Trinajstić information content (AvgIpc) is 3.39. The molecule has 0 unspecified atom stereocenters. The predicted molar refractivity (Wildman–Crippen MR) is 93.5 cm³/mol. The molecule has 28 heavy (non-hydrogen) atoms. The fourth-order valence-corrected chi connectivity index (χ4v) is 3.31. The lowest BCUT2D eigenvalue weighted by Gasteiger charge is -2.15. The van der Waals surface area contributed by atoms with Crippen molar-refractivity contribution >= 4 is 28.9 Å². The molecule has 2 heterocycles. The lowest BCUT2D eigenvalue weighted by atomic mass is 10.0. The number of H-pyrrole nitrogens is 1. The van der Waals surface area contributed by atoms with Crippen molar-refractivity contribution in [3.63, 3.8) is 0 Å². The van der Waals surface area contributed by atoms with Gasteiger partial charge in [-0.2, -0.15) is 0 Å². The SMILES string of the molecule is O=CC(=O)c1cc[nH]c1-c1c(F)cc2c(=O)c(C(=O)O)cn(C3CC3)c2c1F. The molecule has 0 amide bonds. The van der Waals surface area contributed by atoms with E-state index in [1.807, 2.05) is 0 Å². The Bertz CT molecular complexity index is 1240. The number of benzene rings is 1. The number of rotatable bonds is 5. The zero-order valence-electron chi connectivity index (χ0n) is 14.2. The zero-order chi connectivity index (χ0) is 20.2. The summed E-state index contributed by atoms with van der Waals surface area (Å²) in [4.78, 5) is 48.9. The van der Waals surface area contributed by atoms with Crippen LogP contribution in [0.25, 0.3) is 22.2 Å². The largest absolute Gasteiger partial charge is 0.477 e. The van der Waals surface area contributed by atoms with Crippen LogP contribution < -0.4 is 5.43 Å². The Morgan fingerprint density at radius 3 is 2.57 bits per heavy atom. The third-order valence-corrected chi connectivity index (χ3v) is 4.75. The second kappa shape index (κ2) is 6.22. The molecular formula is C19H12F2N2O5. The van der Waals surface area contributed by atoms with Crippen LogP contribution in [0.2, 0.25) is 0 Å². The molecule has 0 spiro atoms. The van der Waals surface area contributed by atoms with Gasteiger partial charge in [-0.15, -0.1) is 0 Å². The highest BCUT2D eigenvalue weighted by molar-refractivity contribution is 6.34. The van der Waals surface area contributed by atoms with Crippen molar-refractivity contribution in [1.82, 2.24) is 9.55 Å². The molecule has 4 rings (SSSR count). The van der Waals surface area contributed by atoms with Gasteiger partial charge in [-0.3, -0.25) is 14.4 Å². The molecule has 1 saturated carbocycles. The minimum atomic E-state index is -1.49. The van der Waals surface area contributed by atoms with Crippen LogP contribution >= 0.6 is 0 Å². The third-order valence-electron chi connectivity index (χ3n) is 4.75. The number of halogens is 2. The van der Waals surface area contributed by atoms with Crippen LogP contribution in [-0.2, 0) is 4.79 Å². The summed E-state index contributed by atoms with van der Waals surface area (Å²) < 4.78 is 31.6. The van der Waals surface area contributed by atoms with Crippen LogP contribution in [0.15, 0.2) is 29.3 Å². The number of aldehydes is 1. The summed E-state index contributed by atoms with van der Waals surface area (Å²) in [6.45, 7) is 0. The van der Waals surface area contributed by atoms with Crippen molar-refractivity contribution in [2.75, 3.05) is 0 Å². The Hall–Kier alpha value is -3.62. The number of carbonyl (C=O) groups excluding carboxylic acids is 2. The van der Waals surface area contributed by atoms with Gasteiger partial charge >= 0.3 is 5.97 Å². The maximum absolute atomic E-state index is 15.4. The first-order valence-corrected chi connectivity index (χ1v) is 8.32. The number of pyridine rings is 1. The molecule has 0 radical (unpaired) electrons. The molecule has 7 nitrogen and oxygen atoms in total. The fourth-order valence-electron chi connectivity index (χ4n) is 3.31. The van der Waals surface area contributed by atoms with Gasteiger partial charge in [0, 0.05) is 18.4 Å². The zero-order valence-corrected chi connectivity index (χ0v) is 14.2. The van der Waals surface area contributed by atoms with Crippen molar-refractivity contribution in [2.45, 2.75) is 18.9 Å². The van der Waals surface area contributed by atoms with E-state index in [2.05, 4.69) is 4.98 Å². The van der Waals surface area contributed by atoms with E-state index < -0.39 is 45.3 Å². The number of aromatic carboxylic acids is 1. The van der Waals surface area contributed by atoms with Crippen molar-refractivity contribution in [2.24, 2.45) is 0 Å². The molecule has 2 aromatic heterocycles. The molecule has 1 aromatic carbocycles. The van der Waals surface area contributed by atoms with Gasteiger partial charge in [-0.1, -0.05) is 0 Å². The highest BCUT2D eigenvalue weighted by Crippen LogP contribution is 2.40. The summed E-state index contributed by atoms with van der Waals surface area (Å²) in [5.74, 6) is -4.72. The molecule has 0 aliphatic heterocycles. The Morgan fingerprint density at radius 1 is 1.25 bits per heavy atom. The van der Waals surface area contributed by atoms with Gasteiger partial charge in [0.15, 0.2) is 12.1 Å². The van der Waals surface area contributed by atoms with Crippen LogP contribution in [0.5, 0.6) is 0 Å². The number of aromatic nitrogens is 2. The third kappa shape index (κ3) is 2.55. The van der Waals surface area contributed by atoms with Crippen LogP contribution in [0.3, 0.4) is 0 Å². The molecule has 1 fully saturated rings. The molecule has 3 aromatic rings. The van der Waals surface area contributed by atoms with Gasteiger partial charge < -0.3 is 14.7 Å². The molecule has 0 saturated heterocycles. The molecule has 1 aliphatic carbocycles. The first-order valence-electron chi connectivity index (χ1n) is 8.32. The number of nitrogens with one attached hydrogen (secondary N) is 1. The highest BCUT2D eigenvalue weighted by atomic mass is 19.1. The minimum Gasteiger partial charge on any atom is -0.477 e. The molecule has 142 valence electrons. The maximum Gasteiger partial charge on any atom is 0.341 e. The second-order valence-electron chi connectivity index (χ2n) is 6.51. The number of carbonyl (C=O) groups is 3. The van der Waals surface area contributed by atoms with E-state index in [9.17, 15) is 28.7 Å². The van der Waals surface area contributed by atoms with Gasteiger partial charge in [0.1, 0.15) is 11.4 Å². The fraction of sp³-hybridized carbons (Fsp3) is 0.158. The van der Waals surface area contributed by atoms with Gasteiger partial charge in [0.25, 0.3) is 0 Å². The molecular weight excluding hydrogens is 374 g/mol. The Morgan fingerprint density at radius 2 is 1.96 bits per heavy atom. The van der Waals surface area contributed by atoms with Gasteiger partial charge in [-0.25, -0.2) is 13.6 Å². The lowest BCUT2D eigenvalue weighted by molar-refractivity contribution is -0.104. The van der Waals surface area contributed by atoms with E-state index >= 15 is 4.39 Å². The first-order chi connectivity index (χ1) is 13.3. The summed E-state index contributed by atoms with van der Waals surface area (Å²) in [5.41, 5.74) is -2.87. The summed E-state index contributed by atoms with van der Waals surface area (Å²) in [6.07, 6.45) is 3.65. The van der Waals surface area contributed by atoms with Crippen molar-refractivity contribution in [3.05, 3.63) is 57.5 Å². The Kier molecular flexibility index (Phi) is 3.95. The Balaban J connectivity index is 2.11.